The van der Waals surface area contributed by atoms with Crippen LogP contribution >= 0.6 is 0 Å². The molecule has 0 saturated heterocycles. The van der Waals surface area contributed by atoms with Crippen LogP contribution in [0.3, 0.4) is 0 Å². The number of benzene rings is 5. The summed E-state index contributed by atoms with van der Waals surface area (Å²) in [6.07, 6.45) is 4.39. The van der Waals surface area contributed by atoms with Gasteiger partial charge in [0, 0.05) is 17.1 Å². The predicted octanol–water partition coefficient (Wildman–Crippen LogP) is 9.61. The number of aryl methyl sites for hydroxylation is 2. The van der Waals surface area contributed by atoms with Gasteiger partial charge in [0.25, 0.3) is 0 Å². The maximum absolute atomic E-state index is 2.33. The molecule has 0 amide bonds. The highest BCUT2D eigenvalue weighted by Gasteiger charge is 2.15. The number of nitrogens with zero attached hydrogens (tertiary/aromatic N) is 1. The van der Waals surface area contributed by atoms with Gasteiger partial charge in [0.05, 0.1) is 0 Å². The topological polar surface area (TPSA) is 3.24 Å². The van der Waals surface area contributed by atoms with Gasteiger partial charge >= 0.3 is 0 Å². The highest BCUT2D eigenvalue weighted by molar-refractivity contribution is 5.86. The second-order valence-electron chi connectivity index (χ2n) is 8.89. The van der Waals surface area contributed by atoms with Gasteiger partial charge in [-0.25, -0.2) is 0 Å². The van der Waals surface area contributed by atoms with Crippen molar-refractivity contribution in [3.8, 4) is 11.1 Å². The SMILES string of the molecule is Cc1ccc(N(c2ccc(C)cc2)c2ccc(C=Cc3ccccc3)c(-c3ccccc3)c2)cc1. The third kappa shape index (κ3) is 5.26. The summed E-state index contributed by atoms with van der Waals surface area (Å²) in [4.78, 5) is 2.33. The predicted molar refractivity (Wildman–Crippen MR) is 151 cm³/mol. The van der Waals surface area contributed by atoms with E-state index < -0.39 is 0 Å². The minimum absolute atomic E-state index is 1.13. The van der Waals surface area contributed by atoms with Crippen molar-refractivity contribution in [3.05, 3.63) is 150 Å². The van der Waals surface area contributed by atoms with Crippen molar-refractivity contribution in [2.24, 2.45) is 0 Å². The van der Waals surface area contributed by atoms with Crippen LogP contribution < -0.4 is 4.90 Å². The Hall–Kier alpha value is -4.36. The van der Waals surface area contributed by atoms with Gasteiger partial charge in [0.1, 0.15) is 0 Å². The fourth-order valence-corrected chi connectivity index (χ4v) is 4.28. The fraction of sp³-hybridized carbons (Fsp3) is 0.0588. The molecule has 1 nitrogen and oxygen atoms in total. The van der Waals surface area contributed by atoms with Crippen LogP contribution in [0.25, 0.3) is 23.3 Å². The van der Waals surface area contributed by atoms with Crippen LogP contribution in [0.15, 0.2) is 127 Å². The van der Waals surface area contributed by atoms with Gasteiger partial charge in [-0.2, -0.15) is 0 Å². The summed E-state index contributed by atoms with van der Waals surface area (Å²) >= 11 is 0. The first-order valence-corrected chi connectivity index (χ1v) is 12.0. The molecular weight excluding hydrogens is 422 g/mol. The maximum atomic E-state index is 2.33. The van der Waals surface area contributed by atoms with Gasteiger partial charge in [-0.05, 0) is 72.5 Å². The van der Waals surface area contributed by atoms with Gasteiger partial charge < -0.3 is 4.90 Å². The normalized spacial score (nSPS) is 11.0. The Morgan fingerprint density at radius 2 is 1.00 bits per heavy atom. The number of anilines is 3. The van der Waals surface area contributed by atoms with Crippen LogP contribution in [0.1, 0.15) is 22.3 Å². The van der Waals surface area contributed by atoms with Crippen molar-refractivity contribution < 1.29 is 0 Å². The zero-order valence-corrected chi connectivity index (χ0v) is 20.2. The molecule has 0 heterocycles. The Bertz CT molecular complexity index is 1370. The minimum Gasteiger partial charge on any atom is -0.310 e. The van der Waals surface area contributed by atoms with Crippen LogP contribution in [0.5, 0.6) is 0 Å². The molecule has 0 spiro atoms. The summed E-state index contributed by atoms with van der Waals surface area (Å²) < 4.78 is 0. The number of rotatable bonds is 6. The molecule has 1 heteroatoms. The first-order chi connectivity index (χ1) is 17.2. The third-order valence-electron chi connectivity index (χ3n) is 6.22. The second-order valence-corrected chi connectivity index (χ2v) is 8.89. The van der Waals surface area contributed by atoms with Crippen molar-refractivity contribution in [3.63, 3.8) is 0 Å². The van der Waals surface area contributed by atoms with E-state index in [4.69, 9.17) is 0 Å². The van der Waals surface area contributed by atoms with Crippen LogP contribution in [0, 0.1) is 13.8 Å². The zero-order chi connectivity index (χ0) is 24.0. The molecule has 0 aliphatic rings. The Morgan fingerprint density at radius 3 is 1.57 bits per heavy atom. The van der Waals surface area contributed by atoms with Gasteiger partial charge in [0.2, 0.25) is 0 Å². The minimum atomic E-state index is 1.13. The smallest absolute Gasteiger partial charge is 0.0468 e. The molecular formula is C34H29N. The van der Waals surface area contributed by atoms with Crippen molar-refractivity contribution in [2.75, 3.05) is 4.90 Å². The fourth-order valence-electron chi connectivity index (χ4n) is 4.28. The molecule has 5 aromatic rings. The van der Waals surface area contributed by atoms with Crippen LogP contribution in [0.2, 0.25) is 0 Å². The van der Waals surface area contributed by atoms with E-state index in [0.29, 0.717) is 0 Å². The highest BCUT2D eigenvalue weighted by Crippen LogP contribution is 2.38. The van der Waals surface area contributed by atoms with E-state index in [1.54, 1.807) is 0 Å². The van der Waals surface area contributed by atoms with Crippen molar-refractivity contribution in [2.45, 2.75) is 13.8 Å². The van der Waals surface area contributed by atoms with E-state index in [-0.39, 0.29) is 0 Å². The van der Waals surface area contributed by atoms with Gasteiger partial charge in [-0.3, -0.25) is 0 Å². The van der Waals surface area contributed by atoms with Crippen molar-refractivity contribution in [1.29, 1.82) is 0 Å². The number of hydrogen-bond acceptors (Lipinski definition) is 1. The quantitative estimate of drug-likeness (QED) is 0.232. The lowest BCUT2D eigenvalue weighted by atomic mass is 9.97. The van der Waals surface area contributed by atoms with E-state index in [0.717, 1.165) is 17.1 Å². The lowest BCUT2D eigenvalue weighted by Gasteiger charge is -2.27. The van der Waals surface area contributed by atoms with Crippen molar-refractivity contribution in [1.82, 2.24) is 0 Å². The molecule has 0 aliphatic carbocycles. The lowest BCUT2D eigenvalue weighted by Crippen LogP contribution is -2.10. The summed E-state index contributed by atoms with van der Waals surface area (Å²) in [5.74, 6) is 0. The molecule has 0 atom stereocenters. The second kappa shape index (κ2) is 10.3. The third-order valence-corrected chi connectivity index (χ3v) is 6.22. The Labute approximate surface area is 208 Å². The maximum Gasteiger partial charge on any atom is 0.0468 e. The molecule has 5 rings (SSSR count). The first-order valence-electron chi connectivity index (χ1n) is 12.0. The van der Waals surface area contributed by atoms with E-state index >= 15 is 0 Å². The molecule has 35 heavy (non-hydrogen) atoms. The Balaban J connectivity index is 1.64. The van der Waals surface area contributed by atoms with Gasteiger partial charge in [-0.1, -0.05) is 114 Å². The summed E-state index contributed by atoms with van der Waals surface area (Å²) in [6, 6.07) is 45.3. The Morgan fingerprint density at radius 1 is 0.486 bits per heavy atom. The van der Waals surface area contributed by atoms with E-state index in [2.05, 4.69) is 152 Å². The highest BCUT2D eigenvalue weighted by atomic mass is 15.1. The molecule has 5 aromatic carbocycles. The van der Waals surface area contributed by atoms with Crippen molar-refractivity contribution >= 4 is 29.2 Å². The lowest BCUT2D eigenvalue weighted by molar-refractivity contribution is 1.27. The molecule has 0 aromatic heterocycles. The Kier molecular flexibility index (Phi) is 6.59. The van der Waals surface area contributed by atoms with Crippen LogP contribution in [0.4, 0.5) is 17.1 Å². The molecule has 170 valence electrons. The molecule has 0 saturated carbocycles. The van der Waals surface area contributed by atoms with Crippen LogP contribution in [-0.4, -0.2) is 0 Å². The van der Waals surface area contributed by atoms with Crippen LogP contribution in [-0.2, 0) is 0 Å². The van der Waals surface area contributed by atoms with E-state index in [9.17, 15) is 0 Å². The summed E-state index contributed by atoms with van der Waals surface area (Å²) in [5, 5.41) is 0. The molecule has 0 aliphatic heterocycles. The number of hydrogen-bond donors (Lipinski definition) is 0. The largest absolute Gasteiger partial charge is 0.310 e. The summed E-state index contributed by atoms with van der Waals surface area (Å²) in [5.41, 5.74) is 10.7. The molecule has 0 radical (unpaired) electrons. The summed E-state index contributed by atoms with van der Waals surface area (Å²) in [7, 11) is 0. The summed E-state index contributed by atoms with van der Waals surface area (Å²) in [6.45, 7) is 4.25. The van der Waals surface area contributed by atoms with E-state index in [1.165, 1.54) is 33.4 Å². The molecule has 0 unspecified atom stereocenters. The standard InChI is InChI=1S/C34H29N/c1-26-13-20-31(21-14-26)35(32-22-15-27(2)16-23-32)33-24-19-30(18-17-28-9-5-3-6-10-28)34(25-33)29-11-7-4-8-12-29/h3-25H,1-2H3. The molecule has 0 N–H and O–H groups in total. The average molecular weight is 452 g/mol. The first kappa shape index (κ1) is 22.4. The molecule has 0 fully saturated rings. The zero-order valence-electron chi connectivity index (χ0n) is 20.2. The van der Waals surface area contributed by atoms with E-state index in [1.807, 2.05) is 6.07 Å². The van der Waals surface area contributed by atoms with Gasteiger partial charge in [0.15, 0.2) is 0 Å². The monoisotopic (exact) mass is 451 g/mol. The average Bonchev–Trinajstić information content (AvgIpc) is 2.91. The molecule has 0 bridgehead atoms. The van der Waals surface area contributed by atoms with Gasteiger partial charge in [-0.15, -0.1) is 0 Å².